The molecule has 0 atom stereocenters. The summed E-state index contributed by atoms with van der Waals surface area (Å²) >= 11 is 0. The predicted molar refractivity (Wildman–Crippen MR) is 119 cm³/mol. The summed E-state index contributed by atoms with van der Waals surface area (Å²) in [6.45, 7) is 10.3. The third-order valence-electron chi connectivity index (χ3n) is 5.26. The van der Waals surface area contributed by atoms with E-state index in [1.165, 1.54) is 21.9 Å². The molecule has 3 heteroatoms. The maximum absolute atomic E-state index is 6.21. The van der Waals surface area contributed by atoms with Crippen LogP contribution in [0.5, 0.6) is 5.75 Å². The van der Waals surface area contributed by atoms with Gasteiger partial charge >= 0.3 is 0 Å². The van der Waals surface area contributed by atoms with Crippen molar-refractivity contribution in [2.24, 2.45) is 0 Å². The molecule has 0 saturated carbocycles. The van der Waals surface area contributed by atoms with E-state index in [1.807, 2.05) is 6.07 Å². The molecule has 3 aromatic rings. The first-order chi connectivity index (χ1) is 13.8. The van der Waals surface area contributed by atoms with E-state index in [0.717, 1.165) is 44.9 Å². The Kier molecular flexibility index (Phi) is 7.89. The van der Waals surface area contributed by atoms with Crippen LogP contribution in [0.1, 0.15) is 31.4 Å². The zero-order valence-electron chi connectivity index (χ0n) is 17.2. The Morgan fingerprint density at radius 1 is 0.857 bits per heavy atom. The average Bonchev–Trinajstić information content (AvgIpc) is 2.76. The van der Waals surface area contributed by atoms with Gasteiger partial charge in [0, 0.05) is 12.1 Å². The van der Waals surface area contributed by atoms with Gasteiger partial charge in [-0.3, -0.25) is 0 Å². The van der Waals surface area contributed by atoms with Crippen molar-refractivity contribution < 1.29 is 4.74 Å². The number of ether oxygens (including phenoxy) is 1. The van der Waals surface area contributed by atoms with Gasteiger partial charge in [-0.1, -0.05) is 74.5 Å². The molecule has 148 valence electrons. The minimum atomic E-state index is 0.591. The molecule has 0 aliphatic rings. The predicted octanol–water partition coefficient (Wildman–Crippen LogP) is 5.24. The molecule has 0 aromatic heterocycles. The highest BCUT2D eigenvalue weighted by atomic mass is 16.5. The van der Waals surface area contributed by atoms with Crippen molar-refractivity contribution in [2.45, 2.75) is 33.4 Å². The number of rotatable bonds is 11. The number of benzene rings is 3. The van der Waals surface area contributed by atoms with Crippen LogP contribution in [-0.2, 0) is 13.2 Å². The Bertz CT molecular complexity index is 844. The van der Waals surface area contributed by atoms with Crippen molar-refractivity contribution in [3.63, 3.8) is 0 Å². The Morgan fingerprint density at radius 3 is 2.39 bits per heavy atom. The molecule has 0 aliphatic heterocycles. The molecule has 0 radical (unpaired) electrons. The van der Waals surface area contributed by atoms with E-state index in [0.29, 0.717) is 6.61 Å². The third-order valence-corrected chi connectivity index (χ3v) is 5.26. The van der Waals surface area contributed by atoms with E-state index in [-0.39, 0.29) is 0 Å². The van der Waals surface area contributed by atoms with Gasteiger partial charge in [-0.2, -0.15) is 0 Å². The van der Waals surface area contributed by atoms with E-state index in [1.54, 1.807) is 0 Å². The van der Waals surface area contributed by atoms with Gasteiger partial charge in [0.15, 0.2) is 0 Å². The molecule has 3 aromatic carbocycles. The molecule has 0 aliphatic carbocycles. The topological polar surface area (TPSA) is 24.5 Å². The second-order valence-corrected chi connectivity index (χ2v) is 7.09. The van der Waals surface area contributed by atoms with Crippen molar-refractivity contribution in [3.8, 4) is 5.75 Å². The summed E-state index contributed by atoms with van der Waals surface area (Å²) in [5.41, 5.74) is 2.44. The Labute approximate surface area is 169 Å². The fraction of sp³-hybridized carbons (Fsp3) is 0.360. The van der Waals surface area contributed by atoms with Crippen LogP contribution in [0.15, 0.2) is 66.7 Å². The summed E-state index contributed by atoms with van der Waals surface area (Å²) in [6.07, 6.45) is 1.16. The van der Waals surface area contributed by atoms with Gasteiger partial charge in [-0.15, -0.1) is 0 Å². The van der Waals surface area contributed by atoms with E-state index in [2.05, 4.69) is 84.7 Å². The van der Waals surface area contributed by atoms with Crippen LogP contribution in [0.3, 0.4) is 0 Å². The minimum absolute atomic E-state index is 0.591. The van der Waals surface area contributed by atoms with Crippen molar-refractivity contribution in [2.75, 3.05) is 26.2 Å². The van der Waals surface area contributed by atoms with Gasteiger partial charge in [-0.05, 0) is 55.0 Å². The van der Waals surface area contributed by atoms with Gasteiger partial charge in [0.1, 0.15) is 12.4 Å². The molecule has 0 bridgehead atoms. The summed E-state index contributed by atoms with van der Waals surface area (Å²) in [5.74, 6) is 0.971. The second-order valence-electron chi connectivity index (χ2n) is 7.09. The van der Waals surface area contributed by atoms with Crippen molar-refractivity contribution in [3.05, 3.63) is 77.9 Å². The van der Waals surface area contributed by atoms with E-state index in [9.17, 15) is 0 Å². The van der Waals surface area contributed by atoms with Gasteiger partial charge in [0.25, 0.3) is 0 Å². The molecule has 0 fully saturated rings. The maximum atomic E-state index is 6.21. The fourth-order valence-corrected chi connectivity index (χ4v) is 3.55. The van der Waals surface area contributed by atoms with Crippen LogP contribution >= 0.6 is 0 Å². The van der Waals surface area contributed by atoms with Gasteiger partial charge in [0.05, 0.1) is 0 Å². The standard InChI is InChI=1S/C25H32N2O/c1-3-27(4-2)18-10-17-26-19-24-23-14-9-8-13-22(23)15-16-25(24)28-20-21-11-6-5-7-12-21/h5-9,11-16,26H,3-4,10,17-20H2,1-2H3. The molecular weight excluding hydrogens is 344 g/mol. The Balaban J connectivity index is 1.67. The normalized spacial score (nSPS) is 11.2. The summed E-state index contributed by atoms with van der Waals surface area (Å²) in [7, 11) is 0. The summed E-state index contributed by atoms with van der Waals surface area (Å²) in [5, 5.41) is 6.16. The molecule has 0 unspecified atom stereocenters. The van der Waals surface area contributed by atoms with Crippen LogP contribution < -0.4 is 10.1 Å². The summed E-state index contributed by atoms with van der Waals surface area (Å²) in [4.78, 5) is 2.47. The highest BCUT2D eigenvalue weighted by Crippen LogP contribution is 2.28. The Morgan fingerprint density at radius 2 is 1.61 bits per heavy atom. The summed E-state index contributed by atoms with van der Waals surface area (Å²) < 4.78 is 6.21. The van der Waals surface area contributed by atoms with Gasteiger partial charge in [0.2, 0.25) is 0 Å². The first-order valence-corrected chi connectivity index (χ1v) is 10.4. The summed E-state index contributed by atoms with van der Waals surface area (Å²) in [6, 6.07) is 23.2. The maximum Gasteiger partial charge on any atom is 0.124 e. The third kappa shape index (κ3) is 5.57. The van der Waals surface area contributed by atoms with Crippen LogP contribution in [0.25, 0.3) is 10.8 Å². The number of hydrogen-bond donors (Lipinski definition) is 1. The van der Waals surface area contributed by atoms with Crippen LogP contribution in [0.4, 0.5) is 0 Å². The number of fused-ring (bicyclic) bond motifs is 1. The lowest BCUT2D eigenvalue weighted by atomic mass is 10.0. The molecule has 3 nitrogen and oxygen atoms in total. The van der Waals surface area contributed by atoms with Crippen molar-refractivity contribution in [1.82, 2.24) is 10.2 Å². The molecule has 28 heavy (non-hydrogen) atoms. The molecule has 0 amide bonds. The molecule has 3 rings (SSSR count). The van der Waals surface area contributed by atoms with E-state index in [4.69, 9.17) is 4.74 Å². The first-order valence-electron chi connectivity index (χ1n) is 10.4. The molecular formula is C25H32N2O. The first kappa shape index (κ1) is 20.4. The SMILES string of the molecule is CCN(CC)CCCNCc1c(OCc2ccccc2)ccc2ccccc12. The smallest absolute Gasteiger partial charge is 0.124 e. The number of nitrogens with zero attached hydrogens (tertiary/aromatic N) is 1. The number of nitrogens with one attached hydrogen (secondary N) is 1. The van der Waals surface area contributed by atoms with Crippen molar-refractivity contribution >= 4 is 10.8 Å². The van der Waals surface area contributed by atoms with Crippen LogP contribution in [-0.4, -0.2) is 31.1 Å². The lowest BCUT2D eigenvalue weighted by molar-refractivity contribution is 0.296. The van der Waals surface area contributed by atoms with Crippen LogP contribution in [0, 0.1) is 0 Å². The second kappa shape index (κ2) is 10.8. The zero-order chi connectivity index (χ0) is 19.6. The molecule has 0 heterocycles. The highest BCUT2D eigenvalue weighted by Gasteiger charge is 2.09. The quantitative estimate of drug-likeness (QED) is 0.463. The number of hydrogen-bond acceptors (Lipinski definition) is 3. The van der Waals surface area contributed by atoms with Gasteiger partial charge < -0.3 is 15.0 Å². The van der Waals surface area contributed by atoms with Crippen LogP contribution in [0.2, 0.25) is 0 Å². The van der Waals surface area contributed by atoms with E-state index < -0.39 is 0 Å². The Hall–Kier alpha value is -2.36. The fourth-order valence-electron chi connectivity index (χ4n) is 3.55. The molecule has 0 spiro atoms. The largest absolute Gasteiger partial charge is 0.489 e. The van der Waals surface area contributed by atoms with E-state index >= 15 is 0 Å². The zero-order valence-corrected chi connectivity index (χ0v) is 17.2. The molecule has 1 N–H and O–H groups in total. The van der Waals surface area contributed by atoms with Gasteiger partial charge in [-0.25, -0.2) is 0 Å². The molecule has 0 saturated heterocycles. The van der Waals surface area contributed by atoms with Crippen molar-refractivity contribution in [1.29, 1.82) is 0 Å². The monoisotopic (exact) mass is 376 g/mol. The highest BCUT2D eigenvalue weighted by molar-refractivity contribution is 5.87. The average molecular weight is 377 g/mol. The lowest BCUT2D eigenvalue weighted by Crippen LogP contribution is -2.27. The minimum Gasteiger partial charge on any atom is -0.489 e. The lowest BCUT2D eigenvalue weighted by Gasteiger charge is -2.18.